The molecule has 0 saturated carbocycles. The van der Waals surface area contributed by atoms with E-state index < -0.39 is 23.6 Å². The summed E-state index contributed by atoms with van der Waals surface area (Å²) in [5, 5.41) is 12.7. The molecule has 0 unspecified atom stereocenters. The van der Waals surface area contributed by atoms with Crippen LogP contribution in [0.2, 0.25) is 0 Å². The van der Waals surface area contributed by atoms with Crippen LogP contribution < -0.4 is 5.32 Å². The highest BCUT2D eigenvalue weighted by molar-refractivity contribution is 5.93. The second kappa shape index (κ2) is 12.4. The lowest BCUT2D eigenvalue weighted by Crippen LogP contribution is -2.30. The summed E-state index contributed by atoms with van der Waals surface area (Å²) in [5.74, 6) is -0.708. The Labute approximate surface area is 246 Å². The molecule has 1 aliphatic rings. The number of carbonyl (C=O) groups excluding carboxylic acids is 1. The number of halogens is 4. The van der Waals surface area contributed by atoms with E-state index in [1.807, 2.05) is 0 Å². The largest absolute Gasteiger partial charge is 0.418 e. The molecule has 220 valence electrons. The van der Waals surface area contributed by atoms with Crippen LogP contribution in [0.4, 0.5) is 23.2 Å². The number of amides is 1. The number of aryl methyl sites for hydroxylation is 1. The van der Waals surface area contributed by atoms with Crippen LogP contribution in [0.25, 0.3) is 17.0 Å². The molecule has 0 bridgehead atoms. The van der Waals surface area contributed by atoms with Crippen molar-refractivity contribution in [2.45, 2.75) is 39.4 Å². The third-order valence-corrected chi connectivity index (χ3v) is 6.95. The molecule has 1 atom stereocenters. The van der Waals surface area contributed by atoms with Crippen LogP contribution in [0.3, 0.4) is 0 Å². The molecule has 11 heteroatoms. The molecule has 1 aliphatic heterocycles. The minimum atomic E-state index is -4.79. The molecule has 4 rings (SSSR count). The predicted octanol–water partition coefficient (Wildman–Crippen LogP) is 7.01. The van der Waals surface area contributed by atoms with E-state index in [1.54, 1.807) is 64.5 Å². The molecule has 1 amide bonds. The van der Waals surface area contributed by atoms with Crippen LogP contribution in [-0.4, -0.2) is 38.8 Å². The van der Waals surface area contributed by atoms with Crippen LogP contribution in [0.5, 0.6) is 0 Å². The first-order valence-corrected chi connectivity index (χ1v) is 13.2. The fourth-order valence-corrected chi connectivity index (χ4v) is 4.61. The lowest BCUT2D eigenvalue weighted by molar-refractivity contribution is -0.137. The van der Waals surface area contributed by atoms with Crippen molar-refractivity contribution in [3.05, 3.63) is 113 Å². The number of nitriles is 1. The van der Waals surface area contributed by atoms with E-state index in [0.717, 1.165) is 12.1 Å². The molecule has 2 aromatic heterocycles. The Morgan fingerprint density at radius 3 is 2.47 bits per heavy atom. The number of benzene rings is 1. The molecule has 1 aromatic carbocycles. The molecular formula is C32H28F4N6O. The summed E-state index contributed by atoms with van der Waals surface area (Å²) in [6.07, 6.45) is 4.94. The first kappa shape index (κ1) is 30.8. The smallest absolute Gasteiger partial charge is 0.378 e. The number of carbonyl (C=O) groups is 1. The summed E-state index contributed by atoms with van der Waals surface area (Å²) in [6.45, 7) is 8.94. The number of nitrogens with zero attached hydrogens (tertiary/aromatic N) is 5. The van der Waals surface area contributed by atoms with Crippen LogP contribution >= 0.6 is 0 Å². The van der Waals surface area contributed by atoms with E-state index in [1.165, 1.54) is 11.1 Å². The minimum Gasteiger partial charge on any atom is -0.378 e. The summed E-state index contributed by atoms with van der Waals surface area (Å²) in [4.78, 5) is 27.5. The predicted molar refractivity (Wildman–Crippen MR) is 156 cm³/mol. The Hall–Kier alpha value is -5.11. The number of nitrogens with one attached hydrogen (secondary N) is 1. The van der Waals surface area contributed by atoms with E-state index in [0.29, 0.717) is 51.1 Å². The summed E-state index contributed by atoms with van der Waals surface area (Å²) in [7, 11) is 1.60. The van der Waals surface area contributed by atoms with Gasteiger partial charge in [0.2, 0.25) is 5.91 Å². The zero-order chi connectivity index (χ0) is 31.5. The van der Waals surface area contributed by atoms with Gasteiger partial charge in [0.15, 0.2) is 0 Å². The summed E-state index contributed by atoms with van der Waals surface area (Å²) in [5.41, 5.74) is 2.49. The molecule has 1 N–H and O–H groups in total. The normalized spacial score (nSPS) is 15.9. The topological polar surface area (TPSA) is 94.8 Å². The van der Waals surface area contributed by atoms with Crippen LogP contribution in [0.15, 0.2) is 84.4 Å². The monoisotopic (exact) mass is 588 g/mol. The standard InChI is InChI=1S/C32H28F4N6O/c1-6-18(2)9-26(19(3)41-28-8-7-25(33)13-27(28)32(34,35)36)21-11-29(42(5)30(43)12-21)23-10-22(14-37)31(40-15-23)24-16-38-20(4)39-17-24/h6-11,13,15-17,19,41H,1,12H2,2-5H3/b18-9-,26-21+/t19-/m1/s1. The van der Waals surface area contributed by atoms with Crippen molar-refractivity contribution < 1.29 is 22.4 Å². The SMILES string of the molecule is C=C/C(C)=C\C(=C1\C=C(c2cnc(-c3cnc(C)nc3)c(C#N)c2)N(C)C(=O)C1)[C@@H](C)Nc1ccc(F)cc1C(F)(F)F. The number of aromatic nitrogens is 3. The van der Waals surface area contributed by atoms with Crippen molar-refractivity contribution in [3.63, 3.8) is 0 Å². The summed E-state index contributed by atoms with van der Waals surface area (Å²) in [6, 6.07) is 5.45. The van der Waals surface area contributed by atoms with E-state index in [4.69, 9.17) is 0 Å². The second-order valence-corrected chi connectivity index (χ2v) is 10.0. The van der Waals surface area contributed by atoms with E-state index in [-0.39, 0.29) is 23.6 Å². The fourth-order valence-electron chi connectivity index (χ4n) is 4.61. The number of pyridine rings is 1. The molecule has 0 saturated heterocycles. The Morgan fingerprint density at radius 1 is 1.16 bits per heavy atom. The van der Waals surface area contributed by atoms with E-state index >= 15 is 0 Å². The van der Waals surface area contributed by atoms with Gasteiger partial charge >= 0.3 is 6.18 Å². The van der Waals surface area contributed by atoms with Crippen molar-refractivity contribution in [2.75, 3.05) is 12.4 Å². The number of hydrogen-bond donors (Lipinski definition) is 1. The Balaban J connectivity index is 1.83. The van der Waals surface area contributed by atoms with Gasteiger partial charge in [0, 0.05) is 48.5 Å². The van der Waals surface area contributed by atoms with Gasteiger partial charge in [-0.05, 0) is 62.3 Å². The third-order valence-electron chi connectivity index (χ3n) is 6.95. The van der Waals surface area contributed by atoms with Gasteiger partial charge in [-0.3, -0.25) is 9.78 Å². The third kappa shape index (κ3) is 6.86. The van der Waals surface area contributed by atoms with Gasteiger partial charge in [-0.25, -0.2) is 14.4 Å². The van der Waals surface area contributed by atoms with Gasteiger partial charge in [-0.2, -0.15) is 18.4 Å². The Bertz CT molecular complexity index is 1720. The van der Waals surface area contributed by atoms with Gasteiger partial charge in [-0.1, -0.05) is 24.3 Å². The quantitative estimate of drug-likeness (QED) is 0.236. The fraction of sp³-hybridized carbons (Fsp3) is 0.219. The Kier molecular flexibility index (Phi) is 8.90. The molecule has 7 nitrogen and oxygen atoms in total. The van der Waals surface area contributed by atoms with Crippen molar-refractivity contribution in [2.24, 2.45) is 0 Å². The lowest BCUT2D eigenvalue weighted by Gasteiger charge is -2.29. The van der Waals surface area contributed by atoms with Gasteiger partial charge in [-0.15, -0.1) is 0 Å². The maximum absolute atomic E-state index is 13.7. The molecule has 3 aromatic rings. The zero-order valence-electron chi connectivity index (χ0n) is 23.9. The highest BCUT2D eigenvalue weighted by Gasteiger charge is 2.35. The lowest BCUT2D eigenvalue weighted by atomic mass is 9.91. The van der Waals surface area contributed by atoms with Crippen molar-refractivity contribution in [1.82, 2.24) is 19.9 Å². The van der Waals surface area contributed by atoms with Crippen molar-refractivity contribution in [3.8, 4) is 17.3 Å². The van der Waals surface area contributed by atoms with Gasteiger partial charge in [0.05, 0.1) is 28.9 Å². The van der Waals surface area contributed by atoms with Crippen molar-refractivity contribution >= 4 is 17.3 Å². The number of alkyl halides is 3. The number of rotatable bonds is 7. The number of anilines is 1. The molecule has 3 heterocycles. The van der Waals surface area contributed by atoms with E-state index in [9.17, 15) is 27.6 Å². The van der Waals surface area contributed by atoms with Crippen molar-refractivity contribution in [1.29, 1.82) is 5.26 Å². The van der Waals surface area contributed by atoms with Gasteiger partial charge in [0.25, 0.3) is 0 Å². The molecule has 0 fully saturated rings. The minimum absolute atomic E-state index is 0.0326. The summed E-state index contributed by atoms with van der Waals surface area (Å²) >= 11 is 0. The first-order valence-electron chi connectivity index (χ1n) is 13.2. The van der Waals surface area contributed by atoms with Crippen LogP contribution in [-0.2, 0) is 11.0 Å². The maximum atomic E-state index is 13.7. The van der Waals surface area contributed by atoms with Crippen LogP contribution in [0, 0.1) is 24.1 Å². The average Bonchev–Trinajstić information content (AvgIpc) is 2.97. The first-order chi connectivity index (χ1) is 20.3. The number of allylic oxidation sites excluding steroid dienone is 3. The van der Waals surface area contributed by atoms with Gasteiger partial charge in [0.1, 0.15) is 17.7 Å². The highest BCUT2D eigenvalue weighted by atomic mass is 19.4. The number of hydrogen-bond acceptors (Lipinski definition) is 6. The van der Waals surface area contributed by atoms with E-state index in [2.05, 4.69) is 32.9 Å². The highest BCUT2D eigenvalue weighted by Crippen LogP contribution is 2.37. The van der Waals surface area contributed by atoms with Crippen LogP contribution in [0.1, 0.15) is 42.8 Å². The molecule has 0 aliphatic carbocycles. The van der Waals surface area contributed by atoms with Gasteiger partial charge < -0.3 is 10.2 Å². The second-order valence-electron chi connectivity index (χ2n) is 10.0. The molecule has 0 spiro atoms. The average molecular weight is 589 g/mol. The molecule has 43 heavy (non-hydrogen) atoms. The summed E-state index contributed by atoms with van der Waals surface area (Å²) < 4.78 is 54.8. The molecule has 0 radical (unpaired) electrons. The molecular weight excluding hydrogens is 560 g/mol. The zero-order valence-corrected chi connectivity index (χ0v) is 23.9. The maximum Gasteiger partial charge on any atom is 0.418 e. The Morgan fingerprint density at radius 2 is 1.84 bits per heavy atom.